The largest absolute Gasteiger partial charge is 0.389 e. The van der Waals surface area contributed by atoms with E-state index in [-0.39, 0.29) is 5.60 Å². The molecule has 3 rings (SSSR count). The second-order valence-electron chi connectivity index (χ2n) is 6.88. The highest BCUT2D eigenvalue weighted by Crippen LogP contribution is 2.41. The summed E-state index contributed by atoms with van der Waals surface area (Å²) >= 11 is 0. The van der Waals surface area contributed by atoms with Crippen molar-refractivity contribution < 1.29 is 5.11 Å². The summed E-state index contributed by atoms with van der Waals surface area (Å²) in [5, 5.41) is 14.0. The van der Waals surface area contributed by atoms with Crippen LogP contribution in [0.4, 0.5) is 5.69 Å². The summed E-state index contributed by atoms with van der Waals surface area (Å²) in [5.41, 5.74) is 3.66. The van der Waals surface area contributed by atoms with Gasteiger partial charge >= 0.3 is 0 Å². The molecule has 2 atom stereocenters. The van der Waals surface area contributed by atoms with Crippen molar-refractivity contribution in [3.05, 3.63) is 29.3 Å². The molecule has 3 heteroatoms. The van der Waals surface area contributed by atoms with Crippen molar-refractivity contribution in [2.45, 2.75) is 51.2 Å². The van der Waals surface area contributed by atoms with Crippen LogP contribution in [0.1, 0.15) is 43.2 Å². The molecule has 0 bridgehead atoms. The van der Waals surface area contributed by atoms with Crippen molar-refractivity contribution in [2.24, 2.45) is 5.92 Å². The number of piperidine rings is 1. The van der Waals surface area contributed by atoms with E-state index in [1.165, 1.54) is 36.1 Å². The Morgan fingerprint density at radius 1 is 1.33 bits per heavy atom. The minimum atomic E-state index is -0.379. The molecule has 2 N–H and O–H groups in total. The van der Waals surface area contributed by atoms with E-state index in [0.717, 1.165) is 32.5 Å². The zero-order valence-electron chi connectivity index (χ0n) is 13.4. The standard InChI is InChI=1S/C18H28N2O/c1-14-11-17(7-6-15(14)12-19-2)20-10-9-18(21)8-4-3-5-16(18)13-20/h6-7,11,16,19,21H,3-5,8-10,12-13H2,1-2H3. The summed E-state index contributed by atoms with van der Waals surface area (Å²) in [6, 6.07) is 6.79. The summed E-state index contributed by atoms with van der Waals surface area (Å²) in [4.78, 5) is 2.47. The Hall–Kier alpha value is -1.06. The molecule has 1 aromatic carbocycles. The minimum absolute atomic E-state index is 0.379. The molecule has 1 aliphatic heterocycles. The first kappa shape index (κ1) is 14.9. The number of rotatable bonds is 3. The predicted molar refractivity (Wildman–Crippen MR) is 87.7 cm³/mol. The molecule has 1 aliphatic carbocycles. The highest BCUT2D eigenvalue weighted by molar-refractivity contribution is 5.51. The van der Waals surface area contributed by atoms with E-state index >= 15 is 0 Å². The van der Waals surface area contributed by atoms with Gasteiger partial charge in [-0.3, -0.25) is 0 Å². The van der Waals surface area contributed by atoms with Crippen molar-refractivity contribution in [1.29, 1.82) is 0 Å². The molecule has 0 radical (unpaired) electrons. The maximum atomic E-state index is 10.8. The zero-order chi connectivity index (χ0) is 14.9. The van der Waals surface area contributed by atoms with E-state index in [4.69, 9.17) is 0 Å². The van der Waals surface area contributed by atoms with E-state index in [0.29, 0.717) is 5.92 Å². The van der Waals surface area contributed by atoms with Crippen LogP contribution < -0.4 is 10.2 Å². The second kappa shape index (κ2) is 5.98. The number of nitrogens with one attached hydrogen (secondary N) is 1. The van der Waals surface area contributed by atoms with E-state index in [2.05, 4.69) is 35.3 Å². The maximum Gasteiger partial charge on any atom is 0.0709 e. The SMILES string of the molecule is CNCc1ccc(N2CCC3(O)CCCCC3C2)cc1C. The van der Waals surface area contributed by atoms with Crippen LogP contribution in [-0.4, -0.2) is 30.8 Å². The molecular formula is C18H28N2O. The minimum Gasteiger partial charge on any atom is -0.389 e. The third-order valence-corrected chi connectivity index (χ3v) is 5.49. The summed E-state index contributed by atoms with van der Waals surface area (Å²) in [6.07, 6.45) is 5.59. The number of aliphatic hydroxyl groups is 1. The Kier molecular flexibility index (Phi) is 4.23. The average Bonchev–Trinajstić information content (AvgIpc) is 2.48. The van der Waals surface area contributed by atoms with Crippen LogP contribution in [0.3, 0.4) is 0 Å². The number of hydrogen-bond acceptors (Lipinski definition) is 3. The topological polar surface area (TPSA) is 35.5 Å². The van der Waals surface area contributed by atoms with Gasteiger partial charge in [-0.15, -0.1) is 0 Å². The van der Waals surface area contributed by atoms with Crippen LogP contribution >= 0.6 is 0 Å². The van der Waals surface area contributed by atoms with Crippen molar-refractivity contribution in [2.75, 3.05) is 25.0 Å². The Balaban J connectivity index is 1.74. The van der Waals surface area contributed by atoms with Crippen LogP contribution in [0.5, 0.6) is 0 Å². The van der Waals surface area contributed by atoms with Gasteiger partial charge < -0.3 is 15.3 Å². The van der Waals surface area contributed by atoms with Crippen LogP contribution in [0.2, 0.25) is 0 Å². The smallest absolute Gasteiger partial charge is 0.0709 e. The first-order valence-electron chi connectivity index (χ1n) is 8.34. The summed E-state index contributed by atoms with van der Waals surface area (Å²) in [6.45, 7) is 5.12. The monoisotopic (exact) mass is 288 g/mol. The normalized spacial score (nSPS) is 29.3. The van der Waals surface area contributed by atoms with Crippen molar-refractivity contribution >= 4 is 5.69 Å². The lowest BCUT2D eigenvalue weighted by molar-refractivity contribution is -0.0612. The quantitative estimate of drug-likeness (QED) is 0.898. The van der Waals surface area contributed by atoms with Crippen LogP contribution in [0, 0.1) is 12.8 Å². The van der Waals surface area contributed by atoms with Crippen LogP contribution in [-0.2, 0) is 6.54 Å². The van der Waals surface area contributed by atoms with Gasteiger partial charge in [0.25, 0.3) is 0 Å². The highest BCUT2D eigenvalue weighted by Gasteiger charge is 2.42. The fourth-order valence-electron chi connectivity index (χ4n) is 4.07. The van der Waals surface area contributed by atoms with E-state index < -0.39 is 0 Å². The molecule has 1 saturated heterocycles. The molecule has 0 aromatic heterocycles. The summed E-state index contributed by atoms with van der Waals surface area (Å²) in [7, 11) is 1.99. The fraction of sp³-hybridized carbons (Fsp3) is 0.667. The number of benzene rings is 1. The van der Waals surface area contributed by atoms with E-state index in [9.17, 15) is 5.11 Å². The fourth-order valence-corrected chi connectivity index (χ4v) is 4.07. The number of hydrogen-bond donors (Lipinski definition) is 2. The second-order valence-corrected chi connectivity index (χ2v) is 6.88. The third kappa shape index (κ3) is 2.95. The highest BCUT2D eigenvalue weighted by atomic mass is 16.3. The first-order chi connectivity index (χ1) is 10.1. The molecule has 116 valence electrons. The first-order valence-corrected chi connectivity index (χ1v) is 8.34. The number of anilines is 1. The van der Waals surface area contributed by atoms with Gasteiger partial charge in [0.15, 0.2) is 0 Å². The Morgan fingerprint density at radius 2 is 2.19 bits per heavy atom. The predicted octanol–water partition coefficient (Wildman–Crippen LogP) is 2.85. The Morgan fingerprint density at radius 3 is 2.95 bits per heavy atom. The number of fused-ring (bicyclic) bond motifs is 1. The molecule has 21 heavy (non-hydrogen) atoms. The van der Waals surface area contributed by atoms with E-state index in [1.807, 2.05) is 7.05 Å². The molecule has 2 aliphatic rings. The molecule has 1 heterocycles. The van der Waals surface area contributed by atoms with E-state index in [1.54, 1.807) is 0 Å². The number of nitrogens with zero attached hydrogens (tertiary/aromatic N) is 1. The van der Waals surface area contributed by atoms with Crippen LogP contribution in [0.15, 0.2) is 18.2 Å². The Bertz CT molecular complexity index is 502. The van der Waals surface area contributed by atoms with Gasteiger partial charge in [-0.05, 0) is 56.5 Å². The van der Waals surface area contributed by atoms with Crippen LogP contribution in [0.25, 0.3) is 0 Å². The molecule has 1 saturated carbocycles. The zero-order valence-corrected chi connectivity index (χ0v) is 13.4. The lowest BCUT2D eigenvalue weighted by Gasteiger charge is -2.48. The molecule has 0 spiro atoms. The van der Waals surface area contributed by atoms with Crippen molar-refractivity contribution in [1.82, 2.24) is 5.32 Å². The van der Waals surface area contributed by atoms with Gasteiger partial charge in [-0.25, -0.2) is 0 Å². The molecule has 0 amide bonds. The van der Waals surface area contributed by atoms with Gasteiger partial charge in [0.2, 0.25) is 0 Å². The molecule has 2 fully saturated rings. The maximum absolute atomic E-state index is 10.8. The summed E-state index contributed by atoms with van der Waals surface area (Å²) in [5.74, 6) is 0.456. The lowest BCUT2D eigenvalue weighted by atomic mass is 9.71. The van der Waals surface area contributed by atoms with Gasteiger partial charge in [0.1, 0.15) is 0 Å². The third-order valence-electron chi connectivity index (χ3n) is 5.49. The summed E-state index contributed by atoms with van der Waals surface area (Å²) < 4.78 is 0. The molecule has 3 nitrogen and oxygen atoms in total. The van der Waals surface area contributed by atoms with Gasteiger partial charge in [-0.2, -0.15) is 0 Å². The molecule has 2 unspecified atom stereocenters. The lowest BCUT2D eigenvalue weighted by Crippen LogP contribution is -2.53. The Labute approximate surface area is 128 Å². The molecule has 1 aromatic rings. The average molecular weight is 288 g/mol. The van der Waals surface area contributed by atoms with Gasteiger partial charge in [0.05, 0.1) is 5.60 Å². The number of aryl methyl sites for hydroxylation is 1. The van der Waals surface area contributed by atoms with Crippen molar-refractivity contribution in [3.8, 4) is 0 Å². The molecular weight excluding hydrogens is 260 g/mol. The van der Waals surface area contributed by atoms with Gasteiger partial charge in [-0.1, -0.05) is 18.9 Å². The van der Waals surface area contributed by atoms with Crippen molar-refractivity contribution in [3.63, 3.8) is 0 Å². The van der Waals surface area contributed by atoms with Gasteiger partial charge in [0, 0.05) is 31.2 Å².